The molecule has 94 valence electrons. The summed E-state index contributed by atoms with van der Waals surface area (Å²) in [6.45, 7) is 2.27. The third-order valence-electron chi connectivity index (χ3n) is 3.14. The van der Waals surface area contributed by atoms with Gasteiger partial charge in [-0.05, 0) is 18.2 Å². The molecular formula is C13H13FN2O2. The molecule has 5 heteroatoms. The summed E-state index contributed by atoms with van der Waals surface area (Å²) >= 11 is 0. The zero-order chi connectivity index (χ0) is 12.5. The molecule has 18 heavy (non-hydrogen) atoms. The topological polar surface area (TPSA) is 45.3 Å². The van der Waals surface area contributed by atoms with Gasteiger partial charge in [0.05, 0.1) is 13.2 Å². The van der Waals surface area contributed by atoms with Gasteiger partial charge in [-0.2, -0.15) is 0 Å². The van der Waals surface area contributed by atoms with E-state index in [1.165, 1.54) is 6.07 Å². The lowest BCUT2D eigenvalue weighted by Crippen LogP contribution is -2.40. The van der Waals surface area contributed by atoms with Crippen molar-refractivity contribution >= 4 is 16.8 Å². The highest BCUT2D eigenvalue weighted by Crippen LogP contribution is 2.19. The fourth-order valence-corrected chi connectivity index (χ4v) is 2.17. The van der Waals surface area contributed by atoms with Crippen LogP contribution in [0.3, 0.4) is 0 Å². The number of hydrogen-bond acceptors (Lipinski definition) is 2. The first-order valence-electron chi connectivity index (χ1n) is 5.90. The van der Waals surface area contributed by atoms with E-state index in [4.69, 9.17) is 4.74 Å². The number of carbonyl (C=O) groups is 1. The number of H-pyrrole nitrogens is 1. The minimum atomic E-state index is -0.315. The Balaban J connectivity index is 1.94. The number of halogens is 1. The SMILES string of the molecule is O=C(c1cc2c(F)cccc2[nH]1)N1CCOCC1. The highest BCUT2D eigenvalue weighted by atomic mass is 19.1. The largest absolute Gasteiger partial charge is 0.378 e. The van der Waals surface area contributed by atoms with E-state index < -0.39 is 0 Å². The van der Waals surface area contributed by atoms with E-state index in [0.29, 0.717) is 42.9 Å². The van der Waals surface area contributed by atoms with Crippen LogP contribution in [0.25, 0.3) is 10.9 Å². The van der Waals surface area contributed by atoms with Gasteiger partial charge in [-0.1, -0.05) is 6.07 Å². The van der Waals surface area contributed by atoms with E-state index in [-0.39, 0.29) is 11.7 Å². The van der Waals surface area contributed by atoms with Gasteiger partial charge in [0.25, 0.3) is 5.91 Å². The minimum absolute atomic E-state index is 0.103. The zero-order valence-electron chi connectivity index (χ0n) is 9.78. The Labute approximate surface area is 103 Å². The van der Waals surface area contributed by atoms with Gasteiger partial charge in [-0.15, -0.1) is 0 Å². The fourth-order valence-electron chi connectivity index (χ4n) is 2.17. The van der Waals surface area contributed by atoms with E-state index in [1.54, 1.807) is 23.1 Å². The average Bonchev–Trinajstić information content (AvgIpc) is 2.84. The molecule has 2 aromatic rings. The summed E-state index contributed by atoms with van der Waals surface area (Å²) < 4.78 is 18.7. The number of morpholine rings is 1. The van der Waals surface area contributed by atoms with Crippen molar-refractivity contribution < 1.29 is 13.9 Å². The summed E-state index contributed by atoms with van der Waals surface area (Å²) in [6.07, 6.45) is 0. The molecule has 1 amide bonds. The lowest BCUT2D eigenvalue weighted by Gasteiger charge is -2.26. The number of ether oxygens (including phenoxy) is 1. The first-order valence-corrected chi connectivity index (χ1v) is 5.90. The molecule has 0 radical (unpaired) electrons. The van der Waals surface area contributed by atoms with Gasteiger partial charge < -0.3 is 14.6 Å². The number of benzene rings is 1. The first kappa shape index (κ1) is 11.2. The molecule has 1 fully saturated rings. The van der Waals surface area contributed by atoms with Crippen LogP contribution in [-0.4, -0.2) is 42.1 Å². The lowest BCUT2D eigenvalue weighted by atomic mass is 10.2. The number of fused-ring (bicyclic) bond motifs is 1. The smallest absolute Gasteiger partial charge is 0.270 e. The standard InChI is InChI=1S/C13H13FN2O2/c14-10-2-1-3-11-9(10)8-12(15-11)13(17)16-4-6-18-7-5-16/h1-3,8,15H,4-7H2. The maximum absolute atomic E-state index is 13.5. The summed E-state index contributed by atoms with van der Waals surface area (Å²) in [5.41, 5.74) is 1.07. The molecular weight excluding hydrogens is 235 g/mol. The van der Waals surface area contributed by atoms with Crippen LogP contribution in [0.1, 0.15) is 10.5 Å². The number of aromatic amines is 1. The number of nitrogens with one attached hydrogen (secondary N) is 1. The second kappa shape index (κ2) is 4.42. The molecule has 1 aliphatic rings. The van der Waals surface area contributed by atoms with Crippen molar-refractivity contribution in [2.24, 2.45) is 0 Å². The molecule has 1 N–H and O–H groups in total. The molecule has 2 heterocycles. The third-order valence-corrected chi connectivity index (χ3v) is 3.14. The van der Waals surface area contributed by atoms with Crippen LogP contribution in [0, 0.1) is 5.82 Å². The number of amides is 1. The summed E-state index contributed by atoms with van der Waals surface area (Å²) in [5.74, 6) is -0.418. The highest BCUT2D eigenvalue weighted by molar-refractivity contribution is 5.98. The predicted molar refractivity (Wildman–Crippen MR) is 65.0 cm³/mol. The molecule has 0 bridgehead atoms. The van der Waals surface area contributed by atoms with Gasteiger partial charge in [0.2, 0.25) is 0 Å². The molecule has 1 aromatic heterocycles. The normalized spacial score (nSPS) is 16.2. The number of nitrogens with zero attached hydrogens (tertiary/aromatic N) is 1. The van der Waals surface area contributed by atoms with Crippen LogP contribution in [0.15, 0.2) is 24.3 Å². The summed E-state index contributed by atoms with van der Waals surface area (Å²) in [6, 6.07) is 6.34. The van der Waals surface area contributed by atoms with Crippen molar-refractivity contribution in [1.82, 2.24) is 9.88 Å². The van der Waals surface area contributed by atoms with Crippen LogP contribution >= 0.6 is 0 Å². The third kappa shape index (κ3) is 1.86. The van der Waals surface area contributed by atoms with Crippen LogP contribution in [0.5, 0.6) is 0 Å². The number of hydrogen-bond donors (Lipinski definition) is 1. The maximum Gasteiger partial charge on any atom is 0.270 e. The molecule has 1 aliphatic heterocycles. The Kier molecular flexibility index (Phi) is 2.76. The zero-order valence-corrected chi connectivity index (χ0v) is 9.78. The quantitative estimate of drug-likeness (QED) is 0.836. The summed E-state index contributed by atoms with van der Waals surface area (Å²) in [7, 11) is 0. The fraction of sp³-hybridized carbons (Fsp3) is 0.308. The summed E-state index contributed by atoms with van der Waals surface area (Å²) in [5, 5.41) is 0.453. The van der Waals surface area contributed by atoms with Gasteiger partial charge in [0.1, 0.15) is 11.5 Å². The number of aromatic nitrogens is 1. The van der Waals surface area contributed by atoms with E-state index in [0.717, 1.165) is 0 Å². The molecule has 1 aromatic carbocycles. The van der Waals surface area contributed by atoms with Crippen LogP contribution in [0.4, 0.5) is 4.39 Å². The molecule has 0 aliphatic carbocycles. The van der Waals surface area contributed by atoms with E-state index in [2.05, 4.69) is 4.98 Å². The van der Waals surface area contributed by atoms with Crippen molar-refractivity contribution in [3.63, 3.8) is 0 Å². The lowest BCUT2D eigenvalue weighted by molar-refractivity contribution is 0.0299. The highest BCUT2D eigenvalue weighted by Gasteiger charge is 2.20. The molecule has 4 nitrogen and oxygen atoms in total. The van der Waals surface area contributed by atoms with Crippen LogP contribution < -0.4 is 0 Å². The predicted octanol–water partition coefficient (Wildman–Crippen LogP) is 1.78. The molecule has 0 saturated carbocycles. The van der Waals surface area contributed by atoms with Crippen molar-refractivity contribution in [3.8, 4) is 0 Å². The minimum Gasteiger partial charge on any atom is -0.378 e. The molecule has 3 rings (SSSR count). The maximum atomic E-state index is 13.5. The van der Waals surface area contributed by atoms with Crippen molar-refractivity contribution in [3.05, 3.63) is 35.8 Å². The average molecular weight is 248 g/mol. The monoisotopic (exact) mass is 248 g/mol. The van der Waals surface area contributed by atoms with Gasteiger partial charge in [0, 0.05) is 24.0 Å². The number of carbonyl (C=O) groups excluding carboxylic acids is 1. The summed E-state index contributed by atoms with van der Waals surface area (Å²) in [4.78, 5) is 16.9. The van der Waals surface area contributed by atoms with Crippen molar-refractivity contribution in [1.29, 1.82) is 0 Å². The van der Waals surface area contributed by atoms with Gasteiger partial charge in [-0.3, -0.25) is 4.79 Å². The second-order valence-corrected chi connectivity index (χ2v) is 4.29. The van der Waals surface area contributed by atoms with E-state index in [9.17, 15) is 9.18 Å². The first-order chi connectivity index (χ1) is 8.75. The van der Waals surface area contributed by atoms with Crippen molar-refractivity contribution in [2.45, 2.75) is 0 Å². The Bertz CT molecular complexity index is 588. The number of rotatable bonds is 1. The Morgan fingerprint density at radius 1 is 1.33 bits per heavy atom. The molecule has 0 atom stereocenters. The van der Waals surface area contributed by atoms with Crippen LogP contribution in [-0.2, 0) is 4.74 Å². The Hall–Kier alpha value is -1.88. The molecule has 0 unspecified atom stereocenters. The molecule has 1 saturated heterocycles. The van der Waals surface area contributed by atoms with Gasteiger partial charge in [0.15, 0.2) is 0 Å². The van der Waals surface area contributed by atoms with E-state index in [1.807, 2.05) is 0 Å². The van der Waals surface area contributed by atoms with Gasteiger partial charge in [-0.25, -0.2) is 4.39 Å². The van der Waals surface area contributed by atoms with E-state index >= 15 is 0 Å². The van der Waals surface area contributed by atoms with Gasteiger partial charge >= 0.3 is 0 Å². The Morgan fingerprint density at radius 3 is 2.83 bits per heavy atom. The van der Waals surface area contributed by atoms with Crippen LogP contribution in [0.2, 0.25) is 0 Å². The van der Waals surface area contributed by atoms with Crippen molar-refractivity contribution in [2.75, 3.05) is 26.3 Å². The Morgan fingerprint density at radius 2 is 2.11 bits per heavy atom. The molecule has 0 spiro atoms. The second-order valence-electron chi connectivity index (χ2n) is 4.29.